The largest absolute Gasteiger partial charge is 0.502 e. The first-order chi connectivity index (χ1) is 14.6. The molecule has 1 spiro atoms. The van der Waals surface area contributed by atoms with Crippen LogP contribution in [-0.2, 0) is 16.0 Å². The number of ether oxygens (including phenoxy) is 1. The minimum absolute atomic E-state index is 0.172. The van der Waals surface area contributed by atoms with Crippen molar-refractivity contribution in [2.24, 2.45) is 22.7 Å². The number of nitro benzene ring substituents is 1. The maximum atomic E-state index is 12.9. The highest BCUT2D eigenvalue weighted by molar-refractivity contribution is 5.78. The molecule has 164 valence electrons. The van der Waals surface area contributed by atoms with Crippen LogP contribution in [0.2, 0.25) is 0 Å². The Morgan fingerprint density at radius 2 is 1.97 bits per heavy atom. The van der Waals surface area contributed by atoms with E-state index in [4.69, 9.17) is 4.74 Å². The molecule has 31 heavy (non-hydrogen) atoms. The molecule has 0 bridgehead atoms. The Kier molecular flexibility index (Phi) is 4.25. The zero-order chi connectivity index (χ0) is 22.2. The molecule has 6 nitrogen and oxygen atoms in total. The molecular weight excluding hydrogens is 394 g/mol. The summed E-state index contributed by atoms with van der Waals surface area (Å²) in [4.78, 5) is 23.8. The Labute approximate surface area is 182 Å². The molecule has 6 heteroatoms. The van der Waals surface area contributed by atoms with Crippen molar-refractivity contribution in [2.45, 2.75) is 77.2 Å². The Balaban J connectivity index is 1.51. The monoisotopic (exact) mass is 423 g/mol. The Hall–Kier alpha value is -2.55. The minimum Gasteiger partial charge on any atom is -0.502 e. The van der Waals surface area contributed by atoms with Gasteiger partial charge in [-0.15, -0.1) is 0 Å². The summed E-state index contributed by atoms with van der Waals surface area (Å²) in [5.74, 6) is 7.25. The summed E-state index contributed by atoms with van der Waals surface area (Å²) in [6.07, 6.45) is 5.77. The molecule has 0 aromatic heterocycles. The minimum atomic E-state index is -0.727. The Morgan fingerprint density at radius 3 is 2.71 bits per heavy atom. The number of hydrogen-bond acceptors (Lipinski definition) is 5. The van der Waals surface area contributed by atoms with Crippen molar-refractivity contribution in [3.63, 3.8) is 0 Å². The van der Waals surface area contributed by atoms with Gasteiger partial charge in [-0.2, -0.15) is 0 Å². The van der Waals surface area contributed by atoms with E-state index in [1.807, 2.05) is 13.8 Å². The number of fused-ring (bicyclic) bond motifs is 6. The van der Waals surface area contributed by atoms with E-state index in [0.717, 1.165) is 49.7 Å². The fourth-order valence-electron chi connectivity index (χ4n) is 6.92. The van der Waals surface area contributed by atoms with Crippen LogP contribution in [0.3, 0.4) is 0 Å². The number of nitrogens with zero attached hydrogens (tertiary/aromatic N) is 1. The van der Waals surface area contributed by atoms with E-state index < -0.39 is 15.9 Å². The first kappa shape index (κ1) is 20.4. The topological polar surface area (TPSA) is 89.7 Å². The van der Waals surface area contributed by atoms with Crippen molar-refractivity contribution in [2.75, 3.05) is 0 Å². The van der Waals surface area contributed by atoms with Crippen LogP contribution < -0.4 is 0 Å². The van der Waals surface area contributed by atoms with Crippen LogP contribution in [0.1, 0.15) is 76.3 Å². The standard InChI is InChI=1S/C25H29NO5/c1-23(2)9-4-10-25(31-22(23)28)12-8-19-17-6-5-15-13-21(27)20(26(29)30)14-18(15)16(17)7-11-24(19,25)3/h13-14,16-17,19,27H,5-9,11-12H2,1-3H3/t16?,17?,19?,24-,25-/m0/s1. The van der Waals surface area contributed by atoms with Gasteiger partial charge in [-0.25, -0.2) is 0 Å². The van der Waals surface area contributed by atoms with E-state index in [1.165, 1.54) is 0 Å². The molecular formula is C25H29NO5. The maximum absolute atomic E-state index is 12.9. The molecule has 0 saturated heterocycles. The van der Waals surface area contributed by atoms with Gasteiger partial charge in [0.15, 0.2) is 11.4 Å². The van der Waals surface area contributed by atoms with Crippen LogP contribution in [0, 0.1) is 44.6 Å². The van der Waals surface area contributed by atoms with Crippen molar-refractivity contribution >= 4 is 11.7 Å². The third-order valence-corrected chi connectivity index (χ3v) is 8.78. The average molecular weight is 424 g/mol. The quantitative estimate of drug-likeness (QED) is 0.301. The lowest BCUT2D eigenvalue weighted by Gasteiger charge is -2.52. The van der Waals surface area contributed by atoms with Crippen molar-refractivity contribution in [3.8, 4) is 17.6 Å². The van der Waals surface area contributed by atoms with Crippen molar-refractivity contribution in [1.82, 2.24) is 0 Å². The number of esters is 1. The van der Waals surface area contributed by atoms with Crippen molar-refractivity contribution in [1.29, 1.82) is 0 Å². The Morgan fingerprint density at radius 1 is 1.19 bits per heavy atom. The molecule has 1 aromatic rings. The summed E-state index contributed by atoms with van der Waals surface area (Å²) >= 11 is 0. The smallest absolute Gasteiger partial charge is 0.314 e. The molecule has 5 atom stereocenters. The molecule has 4 aliphatic rings. The Bertz CT molecular complexity index is 1050. The van der Waals surface area contributed by atoms with Crippen LogP contribution in [0.5, 0.6) is 5.75 Å². The van der Waals surface area contributed by atoms with Gasteiger partial charge in [0.05, 0.1) is 10.3 Å². The number of carbonyl (C=O) groups excluding carboxylic acids is 1. The number of phenolic OH excluding ortho intramolecular Hbond substituents is 1. The van der Waals surface area contributed by atoms with E-state index in [9.17, 15) is 20.0 Å². The zero-order valence-corrected chi connectivity index (χ0v) is 18.4. The van der Waals surface area contributed by atoms with E-state index in [2.05, 4.69) is 18.8 Å². The van der Waals surface area contributed by atoms with Gasteiger partial charge >= 0.3 is 11.7 Å². The van der Waals surface area contributed by atoms with Gasteiger partial charge in [-0.05, 0) is 87.3 Å². The fourth-order valence-corrected chi connectivity index (χ4v) is 6.92. The van der Waals surface area contributed by atoms with Gasteiger partial charge in [0.1, 0.15) is 0 Å². The van der Waals surface area contributed by atoms with E-state index in [-0.39, 0.29) is 28.7 Å². The third-order valence-electron chi connectivity index (χ3n) is 8.78. The first-order valence-electron chi connectivity index (χ1n) is 11.3. The lowest BCUT2D eigenvalue weighted by molar-refractivity contribution is -0.386. The molecule has 1 heterocycles. The van der Waals surface area contributed by atoms with Gasteiger partial charge in [-0.3, -0.25) is 14.9 Å². The number of aromatic hydroxyl groups is 1. The van der Waals surface area contributed by atoms with Crippen molar-refractivity contribution < 1.29 is 19.6 Å². The lowest BCUT2D eigenvalue weighted by atomic mass is 9.53. The van der Waals surface area contributed by atoms with Crippen LogP contribution in [-0.4, -0.2) is 21.6 Å². The second-order valence-electron chi connectivity index (χ2n) is 10.8. The summed E-state index contributed by atoms with van der Waals surface area (Å²) < 4.78 is 6.23. The van der Waals surface area contributed by atoms with Crippen LogP contribution in [0.15, 0.2) is 12.1 Å². The molecule has 1 aliphatic heterocycles. The summed E-state index contributed by atoms with van der Waals surface area (Å²) in [5.41, 5.74) is 0.317. The summed E-state index contributed by atoms with van der Waals surface area (Å²) in [7, 11) is 0. The number of benzene rings is 1. The highest BCUT2D eigenvalue weighted by atomic mass is 16.6. The molecule has 2 fully saturated rings. The van der Waals surface area contributed by atoms with E-state index >= 15 is 0 Å². The average Bonchev–Trinajstić information content (AvgIpc) is 2.92. The number of carbonyl (C=O) groups is 1. The fraction of sp³-hybridized carbons (Fsp3) is 0.640. The molecule has 3 unspecified atom stereocenters. The van der Waals surface area contributed by atoms with Crippen LogP contribution >= 0.6 is 0 Å². The van der Waals surface area contributed by atoms with Crippen LogP contribution in [0.25, 0.3) is 0 Å². The molecule has 2 saturated carbocycles. The van der Waals surface area contributed by atoms with Crippen molar-refractivity contribution in [3.05, 3.63) is 33.4 Å². The van der Waals surface area contributed by atoms with Gasteiger partial charge in [0.25, 0.3) is 0 Å². The molecule has 0 radical (unpaired) electrons. The SMILES string of the molecule is CC1(C)CC#C[C@@]2(CCC3C4CCc5cc(O)c([N+](=O)[O-])cc5C4CC[C@@]32C)OC1=O. The second kappa shape index (κ2) is 6.48. The highest BCUT2D eigenvalue weighted by Gasteiger charge is 2.64. The number of aryl methyl sites for hydroxylation is 1. The number of phenols is 1. The lowest BCUT2D eigenvalue weighted by Crippen LogP contribution is -2.52. The van der Waals surface area contributed by atoms with Gasteiger partial charge < -0.3 is 9.84 Å². The summed E-state index contributed by atoms with van der Waals surface area (Å²) in [5, 5.41) is 21.5. The molecule has 1 N–H and O–H groups in total. The molecule has 5 rings (SSSR count). The number of hydrogen-bond donors (Lipinski definition) is 1. The second-order valence-corrected chi connectivity index (χ2v) is 10.8. The summed E-state index contributed by atoms with van der Waals surface area (Å²) in [6, 6.07) is 3.19. The van der Waals surface area contributed by atoms with E-state index in [1.54, 1.807) is 12.1 Å². The third kappa shape index (κ3) is 2.75. The predicted molar refractivity (Wildman–Crippen MR) is 114 cm³/mol. The highest BCUT2D eigenvalue weighted by Crippen LogP contribution is 2.65. The van der Waals surface area contributed by atoms with Gasteiger partial charge in [-0.1, -0.05) is 18.8 Å². The predicted octanol–water partition coefficient (Wildman–Crippen LogP) is 4.87. The van der Waals surface area contributed by atoms with Gasteiger partial charge in [0.2, 0.25) is 0 Å². The number of nitro groups is 1. The molecule has 3 aliphatic carbocycles. The summed E-state index contributed by atoms with van der Waals surface area (Å²) in [6.45, 7) is 6.04. The van der Waals surface area contributed by atoms with Gasteiger partial charge in [0, 0.05) is 17.9 Å². The van der Waals surface area contributed by atoms with E-state index in [0.29, 0.717) is 18.3 Å². The zero-order valence-electron chi connectivity index (χ0n) is 18.4. The molecule has 0 amide bonds. The molecule has 1 aromatic carbocycles. The van der Waals surface area contributed by atoms with Crippen LogP contribution in [0.4, 0.5) is 5.69 Å². The normalized spacial score (nSPS) is 37.5. The maximum Gasteiger partial charge on any atom is 0.314 e. The first-order valence-corrected chi connectivity index (χ1v) is 11.3. The number of rotatable bonds is 1.